The molecule has 1 atom stereocenters. The van der Waals surface area contributed by atoms with E-state index < -0.39 is 6.10 Å². The Morgan fingerprint density at radius 1 is 1.27 bits per heavy atom. The van der Waals surface area contributed by atoms with Crippen LogP contribution in [0.3, 0.4) is 0 Å². The van der Waals surface area contributed by atoms with Gasteiger partial charge in [0, 0.05) is 31.0 Å². The van der Waals surface area contributed by atoms with Gasteiger partial charge in [-0.2, -0.15) is 0 Å². The van der Waals surface area contributed by atoms with Crippen LogP contribution in [-0.4, -0.2) is 28.2 Å². The highest BCUT2D eigenvalue weighted by Gasteiger charge is 2.13. The third kappa shape index (κ3) is 4.11. The third-order valence-electron chi connectivity index (χ3n) is 3.27. The van der Waals surface area contributed by atoms with Crippen LogP contribution in [0.2, 0.25) is 0 Å². The molecule has 22 heavy (non-hydrogen) atoms. The summed E-state index contributed by atoms with van der Waals surface area (Å²) in [6, 6.07) is 10.6. The summed E-state index contributed by atoms with van der Waals surface area (Å²) < 4.78 is 7.36. The zero-order chi connectivity index (χ0) is 16.1. The molecule has 0 radical (unpaired) electrons. The van der Waals surface area contributed by atoms with Crippen molar-refractivity contribution in [2.24, 2.45) is 7.05 Å². The number of carbonyl (C=O) groups excluding carboxylic acids is 1. The molecule has 0 saturated heterocycles. The van der Waals surface area contributed by atoms with Crippen molar-refractivity contribution in [3.05, 3.63) is 53.9 Å². The number of amides is 1. The van der Waals surface area contributed by atoms with Crippen molar-refractivity contribution in [2.45, 2.75) is 26.1 Å². The molecule has 1 aromatic carbocycles. The Morgan fingerprint density at radius 3 is 2.50 bits per heavy atom. The van der Waals surface area contributed by atoms with E-state index in [1.54, 1.807) is 24.3 Å². The number of nitrogens with one attached hydrogen (secondary N) is 1. The minimum Gasteiger partial charge on any atom is -0.491 e. The molecule has 2 N–H and O–H groups in total. The molecule has 1 heterocycles. The number of aliphatic hydroxyl groups excluding tert-OH is 1. The van der Waals surface area contributed by atoms with Gasteiger partial charge in [0.25, 0.3) is 5.91 Å². The topological polar surface area (TPSA) is 63.5 Å². The molecule has 1 amide bonds. The lowest BCUT2D eigenvalue weighted by molar-refractivity contribution is 0.0912. The summed E-state index contributed by atoms with van der Waals surface area (Å²) in [6.45, 7) is 4.07. The highest BCUT2D eigenvalue weighted by atomic mass is 16.5. The predicted molar refractivity (Wildman–Crippen MR) is 84.9 cm³/mol. The van der Waals surface area contributed by atoms with E-state index >= 15 is 0 Å². The summed E-state index contributed by atoms with van der Waals surface area (Å²) in [4.78, 5) is 12.1. The largest absolute Gasteiger partial charge is 0.491 e. The van der Waals surface area contributed by atoms with Crippen LogP contribution >= 0.6 is 0 Å². The Kier molecular flexibility index (Phi) is 5.22. The molecule has 5 heteroatoms. The van der Waals surface area contributed by atoms with E-state index in [0.29, 0.717) is 5.56 Å². The lowest BCUT2D eigenvalue weighted by Gasteiger charge is -2.13. The molecule has 0 bridgehead atoms. The van der Waals surface area contributed by atoms with Gasteiger partial charge in [-0.25, -0.2) is 0 Å². The Labute approximate surface area is 130 Å². The number of hydrogen-bond donors (Lipinski definition) is 2. The summed E-state index contributed by atoms with van der Waals surface area (Å²) in [5.74, 6) is 0.514. The van der Waals surface area contributed by atoms with Gasteiger partial charge in [0.05, 0.1) is 6.10 Å². The minimum atomic E-state index is -0.729. The van der Waals surface area contributed by atoms with Gasteiger partial charge >= 0.3 is 0 Å². The first-order chi connectivity index (χ1) is 10.5. The maximum absolute atomic E-state index is 12.1. The SMILES string of the molecule is CC(C)Oc1ccc(C(=O)NCC(O)c2cccn2C)cc1. The van der Waals surface area contributed by atoms with Crippen molar-refractivity contribution >= 4 is 5.91 Å². The van der Waals surface area contributed by atoms with Crippen molar-refractivity contribution in [2.75, 3.05) is 6.54 Å². The van der Waals surface area contributed by atoms with Crippen LogP contribution in [0.4, 0.5) is 0 Å². The van der Waals surface area contributed by atoms with Crippen LogP contribution in [0.15, 0.2) is 42.6 Å². The summed E-state index contributed by atoms with van der Waals surface area (Å²) in [6.07, 6.45) is 1.22. The van der Waals surface area contributed by atoms with Crippen LogP contribution in [0.1, 0.15) is 36.0 Å². The lowest BCUT2D eigenvalue weighted by atomic mass is 10.2. The average molecular weight is 302 g/mol. The zero-order valence-corrected chi connectivity index (χ0v) is 13.1. The van der Waals surface area contributed by atoms with Crippen molar-refractivity contribution in [1.82, 2.24) is 9.88 Å². The van der Waals surface area contributed by atoms with Crippen molar-refractivity contribution in [3.8, 4) is 5.75 Å². The fourth-order valence-corrected chi connectivity index (χ4v) is 2.17. The standard InChI is InChI=1S/C17H22N2O3/c1-12(2)22-14-8-6-13(7-9-14)17(21)18-11-16(20)15-5-4-10-19(15)3/h4-10,12,16,20H,11H2,1-3H3,(H,18,21). The second kappa shape index (κ2) is 7.13. The molecular weight excluding hydrogens is 280 g/mol. The van der Waals surface area contributed by atoms with Gasteiger partial charge in [0.1, 0.15) is 11.9 Å². The van der Waals surface area contributed by atoms with E-state index in [2.05, 4.69) is 5.32 Å². The summed E-state index contributed by atoms with van der Waals surface area (Å²) in [7, 11) is 1.85. The number of aliphatic hydroxyl groups is 1. The van der Waals surface area contributed by atoms with Gasteiger partial charge in [-0.3, -0.25) is 4.79 Å². The molecule has 1 unspecified atom stereocenters. The fourth-order valence-electron chi connectivity index (χ4n) is 2.17. The lowest BCUT2D eigenvalue weighted by Crippen LogP contribution is -2.29. The van der Waals surface area contributed by atoms with E-state index in [0.717, 1.165) is 11.4 Å². The fraction of sp³-hybridized carbons (Fsp3) is 0.353. The predicted octanol–water partition coefficient (Wildman–Crippen LogP) is 2.28. The number of rotatable bonds is 6. The summed E-state index contributed by atoms with van der Waals surface area (Å²) >= 11 is 0. The number of ether oxygens (including phenoxy) is 1. The van der Waals surface area contributed by atoms with Crippen LogP contribution in [0.25, 0.3) is 0 Å². The van der Waals surface area contributed by atoms with Crippen LogP contribution in [0, 0.1) is 0 Å². The van der Waals surface area contributed by atoms with Crippen LogP contribution < -0.4 is 10.1 Å². The number of hydrogen-bond acceptors (Lipinski definition) is 3. The Morgan fingerprint density at radius 2 is 1.95 bits per heavy atom. The van der Waals surface area contributed by atoms with Crippen molar-refractivity contribution in [1.29, 1.82) is 0 Å². The molecule has 0 aliphatic rings. The van der Waals surface area contributed by atoms with Gasteiger partial charge < -0.3 is 19.7 Å². The highest BCUT2D eigenvalue weighted by molar-refractivity contribution is 5.94. The van der Waals surface area contributed by atoms with Crippen LogP contribution in [0.5, 0.6) is 5.75 Å². The Balaban J connectivity index is 1.91. The molecular formula is C17H22N2O3. The van der Waals surface area contributed by atoms with Gasteiger partial charge in [0.15, 0.2) is 0 Å². The Bertz CT molecular complexity index is 617. The smallest absolute Gasteiger partial charge is 0.251 e. The number of aryl methyl sites for hydroxylation is 1. The molecule has 2 aromatic rings. The van der Waals surface area contributed by atoms with Crippen molar-refractivity contribution in [3.63, 3.8) is 0 Å². The third-order valence-corrected chi connectivity index (χ3v) is 3.27. The van der Waals surface area contributed by atoms with Gasteiger partial charge in [-0.15, -0.1) is 0 Å². The maximum Gasteiger partial charge on any atom is 0.251 e. The number of benzene rings is 1. The molecule has 1 aromatic heterocycles. The second-order valence-electron chi connectivity index (χ2n) is 5.46. The zero-order valence-electron chi connectivity index (χ0n) is 13.1. The monoisotopic (exact) mass is 302 g/mol. The molecule has 0 fully saturated rings. The van der Waals surface area contributed by atoms with Crippen LogP contribution in [-0.2, 0) is 7.05 Å². The molecule has 2 rings (SSSR count). The average Bonchev–Trinajstić information content (AvgIpc) is 2.91. The maximum atomic E-state index is 12.1. The molecule has 0 aliphatic carbocycles. The second-order valence-corrected chi connectivity index (χ2v) is 5.46. The molecule has 0 spiro atoms. The minimum absolute atomic E-state index is 0.0973. The van der Waals surface area contributed by atoms with Gasteiger partial charge in [0.2, 0.25) is 0 Å². The van der Waals surface area contributed by atoms with Crippen molar-refractivity contribution < 1.29 is 14.6 Å². The number of carbonyl (C=O) groups is 1. The van der Waals surface area contributed by atoms with E-state index in [4.69, 9.17) is 4.74 Å². The first kappa shape index (κ1) is 16.1. The first-order valence-corrected chi connectivity index (χ1v) is 7.31. The van der Waals surface area contributed by atoms with E-state index in [-0.39, 0.29) is 18.6 Å². The highest BCUT2D eigenvalue weighted by Crippen LogP contribution is 2.15. The first-order valence-electron chi connectivity index (χ1n) is 7.31. The normalized spacial score (nSPS) is 12.2. The number of aromatic nitrogens is 1. The number of nitrogens with zero attached hydrogens (tertiary/aromatic N) is 1. The van der Waals surface area contributed by atoms with Gasteiger partial charge in [-0.1, -0.05) is 0 Å². The molecule has 0 aliphatic heterocycles. The Hall–Kier alpha value is -2.27. The molecule has 5 nitrogen and oxygen atoms in total. The quantitative estimate of drug-likeness (QED) is 0.860. The van der Waals surface area contributed by atoms with E-state index in [9.17, 15) is 9.90 Å². The van der Waals surface area contributed by atoms with E-state index in [1.165, 1.54) is 0 Å². The molecule has 118 valence electrons. The summed E-state index contributed by atoms with van der Waals surface area (Å²) in [5.41, 5.74) is 1.30. The van der Waals surface area contributed by atoms with E-state index in [1.807, 2.05) is 43.8 Å². The summed E-state index contributed by atoms with van der Waals surface area (Å²) in [5, 5.41) is 12.8. The van der Waals surface area contributed by atoms with Gasteiger partial charge in [-0.05, 0) is 50.2 Å². The molecule has 0 saturated carbocycles.